The van der Waals surface area contributed by atoms with Crippen LogP contribution in [-0.2, 0) is 34.0 Å². The number of hydrogen-bond acceptors (Lipinski definition) is 4. The second-order valence-corrected chi connectivity index (χ2v) is 11.7. The molecule has 1 fully saturated rings. The Labute approximate surface area is 244 Å². The fourth-order valence-corrected chi connectivity index (χ4v) is 6.16. The molecular weight excluding hydrogens is 510 g/mol. The highest BCUT2D eigenvalue weighted by Crippen LogP contribution is 2.30. The van der Waals surface area contributed by atoms with Crippen molar-refractivity contribution < 1.29 is 14.4 Å². The number of para-hydroxylation sites is 1. The molecule has 0 radical (unpaired) electrons. The number of rotatable bonds is 11. The van der Waals surface area contributed by atoms with Crippen molar-refractivity contribution in [1.82, 2.24) is 10.8 Å². The van der Waals surface area contributed by atoms with Crippen LogP contribution in [0, 0.1) is 12.8 Å². The molecule has 41 heavy (non-hydrogen) atoms. The van der Waals surface area contributed by atoms with Gasteiger partial charge in [0.15, 0.2) is 0 Å². The summed E-state index contributed by atoms with van der Waals surface area (Å²) in [6, 6.07) is 25.3. The smallest absolute Gasteiger partial charge is 0.260 e. The van der Waals surface area contributed by atoms with Gasteiger partial charge in [0.25, 0.3) is 5.91 Å². The van der Waals surface area contributed by atoms with Crippen LogP contribution in [0.3, 0.4) is 0 Å². The fraction of sp³-hybridized carbons (Fsp3) is 0.429. The predicted octanol–water partition coefficient (Wildman–Crippen LogP) is 6.41. The van der Waals surface area contributed by atoms with Gasteiger partial charge in [-0.3, -0.25) is 19.7 Å². The van der Waals surface area contributed by atoms with Crippen LogP contribution in [-0.4, -0.2) is 23.9 Å². The average Bonchev–Trinajstić information content (AvgIpc) is 3.13. The molecule has 1 saturated carbocycles. The van der Waals surface area contributed by atoms with Gasteiger partial charge >= 0.3 is 0 Å². The first kappa shape index (κ1) is 29.0. The van der Waals surface area contributed by atoms with Crippen LogP contribution in [0.1, 0.15) is 73.6 Å². The van der Waals surface area contributed by atoms with Gasteiger partial charge in [-0.15, -0.1) is 0 Å². The van der Waals surface area contributed by atoms with E-state index in [1.54, 1.807) is 0 Å². The number of hydroxylamine groups is 1. The number of carbonyl (C=O) groups excluding carboxylic acids is 2. The average molecular weight is 554 g/mol. The van der Waals surface area contributed by atoms with Crippen molar-refractivity contribution in [3.05, 3.63) is 101 Å². The number of hydrogen-bond donors (Lipinski definition) is 2. The molecule has 0 saturated heterocycles. The standard InChI is InChI=1S/C35H43N3O3/c1-26-16-18-28(19-17-26)24-38-33-15-9-8-14-30(33)21-23-32(35(38)40)36-31(22-20-27-10-4-2-5-11-27)34(39)37-41-25-29-12-6-3-7-13-29/h3,6-9,12-19,27,31-32,36H,2,4-5,10-11,20-25H2,1H3,(H,37,39)/t31-,32?/m0/s1. The SMILES string of the molecule is Cc1ccc(CN2C(=O)C(N[C@@H](CCC3CCCCC3)C(=O)NOCc3ccccc3)CCc3ccccc32)cc1. The van der Waals surface area contributed by atoms with Crippen molar-refractivity contribution in [1.29, 1.82) is 0 Å². The number of anilines is 1. The van der Waals surface area contributed by atoms with Crippen LogP contribution in [0.25, 0.3) is 0 Å². The minimum absolute atomic E-state index is 0.0104. The Hall–Kier alpha value is -3.48. The first-order valence-corrected chi connectivity index (χ1v) is 15.2. The van der Waals surface area contributed by atoms with Gasteiger partial charge in [-0.25, -0.2) is 5.48 Å². The Kier molecular flexibility index (Phi) is 10.2. The lowest BCUT2D eigenvalue weighted by molar-refractivity contribution is -0.137. The van der Waals surface area contributed by atoms with Crippen LogP contribution >= 0.6 is 0 Å². The molecule has 2 atom stereocenters. The maximum absolute atomic E-state index is 14.1. The molecule has 2 aliphatic rings. The molecule has 0 bridgehead atoms. The zero-order valence-corrected chi connectivity index (χ0v) is 24.2. The van der Waals surface area contributed by atoms with Gasteiger partial charge in [0.1, 0.15) is 0 Å². The lowest BCUT2D eigenvalue weighted by Crippen LogP contribution is -2.54. The highest BCUT2D eigenvalue weighted by Gasteiger charge is 2.33. The summed E-state index contributed by atoms with van der Waals surface area (Å²) >= 11 is 0. The summed E-state index contributed by atoms with van der Waals surface area (Å²) in [7, 11) is 0. The third-order valence-corrected chi connectivity index (χ3v) is 8.57. The summed E-state index contributed by atoms with van der Waals surface area (Å²) in [5.74, 6) is 0.436. The number of fused-ring (bicyclic) bond motifs is 1. The van der Waals surface area contributed by atoms with E-state index < -0.39 is 12.1 Å². The summed E-state index contributed by atoms with van der Waals surface area (Å²) < 4.78 is 0. The molecule has 1 aliphatic carbocycles. The van der Waals surface area contributed by atoms with Crippen molar-refractivity contribution >= 4 is 17.5 Å². The molecule has 1 unspecified atom stereocenters. The van der Waals surface area contributed by atoms with Gasteiger partial charge in [0.2, 0.25) is 5.91 Å². The van der Waals surface area contributed by atoms with Crippen LogP contribution < -0.4 is 15.7 Å². The molecule has 3 aromatic carbocycles. The normalized spacial score (nSPS) is 18.4. The lowest BCUT2D eigenvalue weighted by atomic mass is 9.85. The summed E-state index contributed by atoms with van der Waals surface area (Å²) in [4.78, 5) is 35.1. The van der Waals surface area contributed by atoms with Gasteiger partial charge in [-0.2, -0.15) is 0 Å². The number of aryl methyl sites for hydroxylation is 2. The van der Waals surface area contributed by atoms with Crippen molar-refractivity contribution in [3.8, 4) is 0 Å². The van der Waals surface area contributed by atoms with E-state index in [1.807, 2.05) is 53.4 Å². The second kappa shape index (κ2) is 14.4. The van der Waals surface area contributed by atoms with Crippen molar-refractivity contribution in [2.24, 2.45) is 5.92 Å². The van der Waals surface area contributed by atoms with Crippen LogP contribution in [0.4, 0.5) is 5.69 Å². The molecule has 0 spiro atoms. The molecule has 5 rings (SSSR count). The second-order valence-electron chi connectivity index (χ2n) is 11.7. The molecule has 2 N–H and O–H groups in total. The topological polar surface area (TPSA) is 70.7 Å². The molecule has 3 aromatic rings. The maximum atomic E-state index is 14.1. The van der Waals surface area contributed by atoms with E-state index in [1.165, 1.54) is 37.7 Å². The Morgan fingerprint density at radius 3 is 2.41 bits per heavy atom. The fourth-order valence-electron chi connectivity index (χ4n) is 6.16. The molecule has 1 aliphatic heterocycles. The monoisotopic (exact) mass is 553 g/mol. The first-order valence-electron chi connectivity index (χ1n) is 15.2. The molecular formula is C35H43N3O3. The van der Waals surface area contributed by atoms with Gasteiger partial charge in [0.05, 0.1) is 25.2 Å². The van der Waals surface area contributed by atoms with Gasteiger partial charge < -0.3 is 4.90 Å². The number of benzene rings is 3. The van der Waals surface area contributed by atoms with Gasteiger partial charge in [-0.05, 0) is 61.3 Å². The molecule has 2 amide bonds. The van der Waals surface area contributed by atoms with Crippen LogP contribution in [0.2, 0.25) is 0 Å². The third kappa shape index (κ3) is 8.05. The van der Waals surface area contributed by atoms with E-state index in [2.05, 4.69) is 48.1 Å². The highest BCUT2D eigenvalue weighted by atomic mass is 16.6. The van der Waals surface area contributed by atoms with Gasteiger partial charge in [0, 0.05) is 5.69 Å². The van der Waals surface area contributed by atoms with E-state index in [0.29, 0.717) is 31.9 Å². The highest BCUT2D eigenvalue weighted by molar-refractivity contribution is 5.99. The summed E-state index contributed by atoms with van der Waals surface area (Å²) in [6.45, 7) is 2.86. The van der Waals surface area contributed by atoms with Crippen LogP contribution in [0.5, 0.6) is 0 Å². The summed E-state index contributed by atoms with van der Waals surface area (Å²) in [6.07, 6.45) is 9.34. The minimum Gasteiger partial charge on any atom is -0.306 e. The lowest BCUT2D eigenvalue weighted by Gasteiger charge is -2.30. The molecule has 1 heterocycles. The van der Waals surface area contributed by atoms with E-state index in [0.717, 1.165) is 35.2 Å². The summed E-state index contributed by atoms with van der Waals surface area (Å²) in [5.41, 5.74) is 8.06. The van der Waals surface area contributed by atoms with Crippen molar-refractivity contribution in [3.63, 3.8) is 0 Å². The number of nitrogens with one attached hydrogen (secondary N) is 2. The summed E-state index contributed by atoms with van der Waals surface area (Å²) in [5, 5.41) is 3.51. The number of nitrogens with zero attached hydrogens (tertiary/aromatic N) is 1. The molecule has 0 aromatic heterocycles. The van der Waals surface area contributed by atoms with E-state index >= 15 is 0 Å². The van der Waals surface area contributed by atoms with Crippen molar-refractivity contribution in [2.45, 2.75) is 89.9 Å². The Balaban J connectivity index is 1.31. The van der Waals surface area contributed by atoms with E-state index in [4.69, 9.17) is 4.84 Å². The zero-order valence-electron chi connectivity index (χ0n) is 24.2. The molecule has 6 nitrogen and oxygen atoms in total. The molecule has 6 heteroatoms. The third-order valence-electron chi connectivity index (χ3n) is 8.57. The van der Waals surface area contributed by atoms with Gasteiger partial charge in [-0.1, -0.05) is 110 Å². The molecule has 216 valence electrons. The Morgan fingerprint density at radius 2 is 1.63 bits per heavy atom. The maximum Gasteiger partial charge on any atom is 0.260 e. The van der Waals surface area contributed by atoms with Crippen molar-refractivity contribution in [2.75, 3.05) is 4.90 Å². The Bertz CT molecular complexity index is 1270. The number of amides is 2. The zero-order chi connectivity index (χ0) is 28.4. The minimum atomic E-state index is -0.510. The van der Waals surface area contributed by atoms with Crippen LogP contribution in [0.15, 0.2) is 78.9 Å². The first-order chi connectivity index (χ1) is 20.1. The number of carbonyl (C=O) groups is 2. The van der Waals surface area contributed by atoms with E-state index in [-0.39, 0.29) is 11.8 Å². The largest absolute Gasteiger partial charge is 0.306 e. The predicted molar refractivity (Wildman–Crippen MR) is 163 cm³/mol. The van der Waals surface area contributed by atoms with E-state index in [9.17, 15) is 9.59 Å². The quantitative estimate of drug-likeness (QED) is 0.269. The Morgan fingerprint density at radius 1 is 0.902 bits per heavy atom.